The summed E-state index contributed by atoms with van der Waals surface area (Å²) in [6, 6.07) is 17.3. The number of guanidine groups is 1. The molecule has 32 heavy (non-hydrogen) atoms. The Balaban J connectivity index is 1.61. The number of aryl methyl sites for hydroxylation is 1. The van der Waals surface area contributed by atoms with Crippen molar-refractivity contribution < 1.29 is 9.59 Å². The molecule has 0 aliphatic carbocycles. The molecule has 5 rings (SSSR count). The minimum absolute atomic E-state index is 0.200. The highest BCUT2D eigenvalue weighted by Crippen LogP contribution is 2.40. The first-order chi connectivity index (χ1) is 15.4. The van der Waals surface area contributed by atoms with Gasteiger partial charge in [0.1, 0.15) is 0 Å². The molecule has 0 aromatic heterocycles. The van der Waals surface area contributed by atoms with Crippen molar-refractivity contribution in [3.8, 4) is 0 Å². The van der Waals surface area contributed by atoms with Crippen LogP contribution in [-0.2, 0) is 4.79 Å². The smallest absolute Gasteiger partial charge is 0.302 e. The number of fused-ring (bicyclic) bond motifs is 3. The maximum Gasteiger partial charge on any atom is 0.328 e. The minimum Gasteiger partial charge on any atom is -0.302 e. The summed E-state index contributed by atoms with van der Waals surface area (Å²) in [6.45, 7) is 7.94. The van der Waals surface area contributed by atoms with Gasteiger partial charge in [-0.15, -0.1) is 0 Å². The van der Waals surface area contributed by atoms with Crippen LogP contribution in [0.15, 0.2) is 77.9 Å². The molecule has 2 unspecified atom stereocenters. The summed E-state index contributed by atoms with van der Waals surface area (Å²) in [5.74, 6) is 0.391. The quantitative estimate of drug-likeness (QED) is 0.699. The SMILES string of the molecule is C=C(C)CN1C(=O)C2C(N=C3N(c4ccc(C)cc4)C(c4ccccc4)=CN32)N(C)C1=O. The first kappa shape index (κ1) is 20.1. The lowest BCUT2D eigenvalue weighted by Crippen LogP contribution is -2.64. The molecule has 7 heteroatoms. The molecule has 2 aromatic rings. The molecule has 3 aliphatic heterocycles. The molecule has 3 aliphatic rings. The average molecular weight is 428 g/mol. The van der Waals surface area contributed by atoms with Gasteiger partial charge in [0.15, 0.2) is 12.2 Å². The van der Waals surface area contributed by atoms with E-state index >= 15 is 0 Å². The monoisotopic (exact) mass is 427 g/mol. The lowest BCUT2D eigenvalue weighted by molar-refractivity contribution is -0.136. The van der Waals surface area contributed by atoms with Crippen LogP contribution >= 0.6 is 0 Å². The molecule has 0 N–H and O–H groups in total. The highest BCUT2D eigenvalue weighted by atomic mass is 16.2. The van der Waals surface area contributed by atoms with Crippen LogP contribution in [0.5, 0.6) is 0 Å². The maximum atomic E-state index is 13.4. The van der Waals surface area contributed by atoms with Crippen molar-refractivity contribution in [1.29, 1.82) is 0 Å². The first-order valence-corrected chi connectivity index (χ1v) is 10.6. The van der Waals surface area contributed by atoms with E-state index in [2.05, 4.69) is 23.6 Å². The van der Waals surface area contributed by atoms with Gasteiger partial charge in [-0.05, 0) is 26.0 Å². The zero-order chi connectivity index (χ0) is 22.6. The van der Waals surface area contributed by atoms with E-state index in [-0.39, 0.29) is 18.5 Å². The van der Waals surface area contributed by atoms with Gasteiger partial charge >= 0.3 is 6.03 Å². The highest BCUT2D eigenvalue weighted by molar-refractivity contribution is 6.16. The topological polar surface area (TPSA) is 59.5 Å². The van der Waals surface area contributed by atoms with Gasteiger partial charge in [-0.2, -0.15) is 0 Å². The summed E-state index contributed by atoms with van der Waals surface area (Å²) in [7, 11) is 1.70. The number of imide groups is 1. The fourth-order valence-corrected chi connectivity index (χ4v) is 4.41. The van der Waals surface area contributed by atoms with Crippen LogP contribution in [-0.4, -0.2) is 58.4 Å². The van der Waals surface area contributed by atoms with E-state index in [0.717, 1.165) is 28.1 Å². The van der Waals surface area contributed by atoms with E-state index in [1.54, 1.807) is 11.9 Å². The fraction of sp³-hybridized carbons (Fsp3) is 0.240. The van der Waals surface area contributed by atoms with Crippen LogP contribution in [0.1, 0.15) is 18.1 Å². The Morgan fingerprint density at radius 2 is 1.75 bits per heavy atom. The van der Waals surface area contributed by atoms with Crippen LogP contribution in [0.4, 0.5) is 10.5 Å². The van der Waals surface area contributed by atoms with Gasteiger partial charge in [0.05, 0.1) is 12.2 Å². The fourth-order valence-electron chi connectivity index (χ4n) is 4.41. The average Bonchev–Trinajstić information content (AvgIpc) is 3.33. The van der Waals surface area contributed by atoms with Gasteiger partial charge in [-0.3, -0.25) is 19.5 Å². The molecule has 2 aromatic carbocycles. The van der Waals surface area contributed by atoms with Crippen LogP contribution in [0.3, 0.4) is 0 Å². The molecule has 0 bridgehead atoms. The predicted molar refractivity (Wildman–Crippen MR) is 125 cm³/mol. The zero-order valence-electron chi connectivity index (χ0n) is 18.4. The van der Waals surface area contributed by atoms with E-state index in [1.807, 2.05) is 67.4 Å². The van der Waals surface area contributed by atoms with Crippen molar-refractivity contribution in [2.24, 2.45) is 4.99 Å². The van der Waals surface area contributed by atoms with Crippen molar-refractivity contribution in [3.63, 3.8) is 0 Å². The largest absolute Gasteiger partial charge is 0.328 e. The molecule has 7 nitrogen and oxygen atoms in total. The Kier molecular flexibility index (Phi) is 4.62. The zero-order valence-corrected chi connectivity index (χ0v) is 18.4. The summed E-state index contributed by atoms with van der Waals surface area (Å²) in [5.41, 5.74) is 4.82. The third-order valence-electron chi connectivity index (χ3n) is 6.00. The van der Waals surface area contributed by atoms with Gasteiger partial charge in [-0.25, -0.2) is 9.79 Å². The number of hydrogen-bond donors (Lipinski definition) is 0. The summed E-state index contributed by atoms with van der Waals surface area (Å²) in [5, 5.41) is 0. The van der Waals surface area contributed by atoms with Crippen LogP contribution < -0.4 is 4.90 Å². The molecule has 0 spiro atoms. The van der Waals surface area contributed by atoms with Crippen molar-refractivity contribution in [2.45, 2.75) is 26.1 Å². The summed E-state index contributed by atoms with van der Waals surface area (Å²) in [4.78, 5) is 38.0. The van der Waals surface area contributed by atoms with E-state index in [4.69, 9.17) is 4.99 Å². The number of rotatable bonds is 4. The Morgan fingerprint density at radius 3 is 2.41 bits per heavy atom. The number of aliphatic imine (C=N–C) groups is 1. The second-order valence-electron chi connectivity index (χ2n) is 8.52. The predicted octanol–water partition coefficient (Wildman–Crippen LogP) is 3.65. The molecule has 1 saturated heterocycles. The van der Waals surface area contributed by atoms with Crippen LogP contribution in [0, 0.1) is 6.92 Å². The molecule has 162 valence electrons. The number of hydrogen-bond acceptors (Lipinski definition) is 5. The number of amides is 3. The Hall–Kier alpha value is -3.87. The van der Waals surface area contributed by atoms with Crippen molar-refractivity contribution in [3.05, 3.63) is 84.1 Å². The molecule has 3 heterocycles. The summed E-state index contributed by atoms with van der Waals surface area (Å²) < 4.78 is 0. The lowest BCUT2D eigenvalue weighted by atomic mass is 10.1. The van der Waals surface area contributed by atoms with E-state index in [1.165, 1.54) is 4.90 Å². The van der Waals surface area contributed by atoms with Gasteiger partial charge in [0, 0.05) is 24.5 Å². The third-order valence-corrected chi connectivity index (χ3v) is 6.00. The minimum atomic E-state index is -0.610. The second kappa shape index (κ2) is 7.37. The number of likely N-dealkylation sites (N-methyl/N-ethyl adjacent to an activating group) is 1. The Bertz CT molecular complexity index is 1170. The van der Waals surface area contributed by atoms with Gasteiger partial charge < -0.3 is 4.90 Å². The second-order valence-corrected chi connectivity index (χ2v) is 8.52. The number of nitrogens with zero attached hydrogens (tertiary/aromatic N) is 5. The number of urea groups is 1. The Labute approximate surface area is 187 Å². The van der Waals surface area contributed by atoms with Crippen molar-refractivity contribution >= 4 is 29.3 Å². The van der Waals surface area contributed by atoms with Crippen LogP contribution in [0.25, 0.3) is 5.70 Å². The molecule has 1 fully saturated rings. The molecule has 2 atom stereocenters. The van der Waals surface area contributed by atoms with Crippen molar-refractivity contribution in [2.75, 3.05) is 18.5 Å². The standard InChI is InChI=1S/C25H25N5O2/c1-16(2)14-29-23(31)21-22(27(4)25(29)32)26-24-28(21)15-20(18-8-6-5-7-9-18)30(24)19-12-10-17(3)11-13-19/h5-13,15,21-22H,1,14H2,2-4H3. The molecular weight excluding hydrogens is 402 g/mol. The highest BCUT2D eigenvalue weighted by Gasteiger charge is 2.54. The summed E-state index contributed by atoms with van der Waals surface area (Å²) >= 11 is 0. The normalized spacial score (nSPS) is 22.1. The van der Waals surface area contributed by atoms with E-state index in [0.29, 0.717) is 5.96 Å². The molecular formula is C25H25N5O2. The van der Waals surface area contributed by atoms with E-state index < -0.39 is 12.2 Å². The van der Waals surface area contributed by atoms with E-state index in [9.17, 15) is 9.59 Å². The van der Waals surface area contributed by atoms with Gasteiger partial charge in [0.25, 0.3) is 5.91 Å². The Morgan fingerprint density at radius 1 is 1.06 bits per heavy atom. The van der Waals surface area contributed by atoms with Crippen LogP contribution in [0.2, 0.25) is 0 Å². The molecule has 0 radical (unpaired) electrons. The number of anilines is 1. The molecule has 0 saturated carbocycles. The van der Waals surface area contributed by atoms with Gasteiger partial charge in [0.2, 0.25) is 5.96 Å². The van der Waals surface area contributed by atoms with Gasteiger partial charge in [-0.1, -0.05) is 60.2 Å². The number of carbonyl (C=O) groups excluding carboxylic acids is 2. The summed E-state index contributed by atoms with van der Waals surface area (Å²) in [6.07, 6.45) is 1.40. The van der Waals surface area contributed by atoms with Crippen molar-refractivity contribution in [1.82, 2.24) is 14.7 Å². The number of benzene rings is 2. The number of carbonyl (C=O) groups is 2. The first-order valence-electron chi connectivity index (χ1n) is 10.6. The molecule has 3 amide bonds. The lowest BCUT2D eigenvalue weighted by Gasteiger charge is -2.40. The third kappa shape index (κ3) is 3.00. The maximum absolute atomic E-state index is 13.4.